The Kier molecular flexibility index (Phi) is 16.7. The van der Waals surface area contributed by atoms with Crippen molar-refractivity contribution >= 4 is 35.7 Å². The van der Waals surface area contributed by atoms with Gasteiger partial charge in [0, 0.05) is 26.1 Å². The molecule has 1 aliphatic carbocycles. The number of nitrogens with zero attached hydrogens (tertiary/aromatic N) is 2. The van der Waals surface area contributed by atoms with E-state index < -0.39 is 47.8 Å². The van der Waals surface area contributed by atoms with Crippen molar-refractivity contribution in [2.45, 2.75) is 129 Å². The Hall–Kier alpha value is -4.16. The fraction of sp³-hybridized carbons (Fsp3) is 0.684. The van der Waals surface area contributed by atoms with E-state index in [4.69, 9.17) is 15.2 Å². The van der Waals surface area contributed by atoms with Crippen LogP contribution in [0.25, 0.3) is 0 Å². The monoisotopic (exact) mass is 713 g/mol. The van der Waals surface area contributed by atoms with E-state index >= 15 is 0 Å². The molecule has 3 rings (SSSR count). The number of carbonyl (C=O) groups excluding carboxylic acids is 6. The highest BCUT2D eigenvalue weighted by atomic mass is 16.6. The van der Waals surface area contributed by atoms with Crippen molar-refractivity contribution < 1.29 is 38.2 Å². The Bertz CT molecular complexity index is 1300. The van der Waals surface area contributed by atoms with Crippen molar-refractivity contribution in [1.82, 2.24) is 20.4 Å². The summed E-state index contributed by atoms with van der Waals surface area (Å²) in [5.74, 6) is -2.27. The molecule has 0 aromatic heterocycles. The number of amides is 5. The number of nitrogens with one attached hydrogen (secondary N) is 2. The molecular weight excluding hydrogens is 654 g/mol. The Morgan fingerprint density at radius 2 is 1.59 bits per heavy atom. The summed E-state index contributed by atoms with van der Waals surface area (Å²) in [5, 5.41) is 5.28. The first kappa shape index (κ1) is 41.3. The molecular formula is C38H59N5O8. The van der Waals surface area contributed by atoms with Crippen molar-refractivity contribution in [3.05, 3.63) is 35.9 Å². The van der Waals surface area contributed by atoms with Gasteiger partial charge in [-0.15, -0.1) is 0 Å². The van der Waals surface area contributed by atoms with E-state index in [2.05, 4.69) is 10.6 Å². The van der Waals surface area contributed by atoms with Gasteiger partial charge >= 0.3 is 12.1 Å². The van der Waals surface area contributed by atoms with E-state index in [1.54, 1.807) is 24.0 Å². The van der Waals surface area contributed by atoms with Crippen LogP contribution in [0.3, 0.4) is 0 Å². The maximum absolute atomic E-state index is 13.5. The van der Waals surface area contributed by atoms with E-state index in [1.165, 1.54) is 4.90 Å². The van der Waals surface area contributed by atoms with E-state index in [0.717, 1.165) is 56.9 Å². The quantitative estimate of drug-likeness (QED) is 0.201. The van der Waals surface area contributed by atoms with Crippen LogP contribution >= 0.6 is 0 Å². The second-order valence-electron chi connectivity index (χ2n) is 14.9. The molecule has 2 fully saturated rings. The van der Waals surface area contributed by atoms with Crippen LogP contribution in [0.1, 0.15) is 110 Å². The first-order valence-corrected chi connectivity index (χ1v) is 18.6. The van der Waals surface area contributed by atoms with Crippen LogP contribution < -0.4 is 16.4 Å². The van der Waals surface area contributed by atoms with E-state index in [0.29, 0.717) is 31.8 Å². The number of nitrogens with two attached hydrogens (primary N) is 1. The SMILES string of the molecule is CCN(CC(=O)N[C@@H](CC(=O)OCc1ccccc1)C(=O)N[C@@H](CC1CCCCC1)C(N)=O)C(=O)CCCC1CCN(C(=O)OC(C)(C)C)CC1. The molecule has 1 saturated carbocycles. The number of hydrogen-bond donors (Lipinski definition) is 3. The Labute approximate surface area is 302 Å². The molecule has 284 valence electrons. The van der Waals surface area contributed by atoms with Crippen molar-refractivity contribution in [3.63, 3.8) is 0 Å². The Balaban J connectivity index is 1.54. The standard InChI is InChI=1S/C38H59N5O8/c1-5-42(33(45)18-12-17-27-19-21-43(22-20-27)37(49)51-38(2,3)4)25-32(44)40-31(24-34(46)50-26-29-15-10-7-11-16-29)36(48)41-30(35(39)47)23-28-13-8-6-9-14-28/h7,10-11,15-16,27-28,30-31H,5-6,8-9,12-14,17-26H2,1-4H3,(H2,39,47)(H,40,44)(H,41,48)/t30-,31-/m0/s1. The van der Waals surface area contributed by atoms with Crippen LogP contribution in [0.5, 0.6) is 0 Å². The largest absolute Gasteiger partial charge is 0.461 e. The normalized spacial score (nSPS) is 16.7. The molecule has 2 atom stereocenters. The lowest BCUT2D eigenvalue weighted by Crippen LogP contribution is -2.55. The number of piperidine rings is 1. The highest BCUT2D eigenvalue weighted by molar-refractivity contribution is 5.94. The zero-order chi connectivity index (χ0) is 37.4. The number of esters is 1. The number of rotatable bonds is 17. The van der Waals surface area contributed by atoms with Crippen LogP contribution in [0.15, 0.2) is 30.3 Å². The lowest BCUT2D eigenvalue weighted by atomic mass is 9.84. The van der Waals surface area contributed by atoms with Gasteiger partial charge in [0.1, 0.15) is 24.3 Å². The molecule has 0 radical (unpaired) electrons. The number of likely N-dealkylation sites (tertiary alicyclic amines) is 1. The molecule has 0 unspecified atom stereocenters. The molecule has 51 heavy (non-hydrogen) atoms. The molecule has 2 aliphatic rings. The van der Waals surface area contributed by atoms with Crippen molar-refractivity contribution in [1.29, 1.82) is 0 Å². The zero-order valence-corrected chi connectivity index (χ0v) is 31.0. The summed E-state index contributed by atoms with van der Waals surface area (Å²) in [5.41, 5.74) is 5.88. The molecule has 13 nitrogen and oxygen atoms in total. The predicted molar refractivity (Wildman–Crippen MR) is 192 cm³/mol. The summed E-state index contributed by atoms with van der Waals surface area (Å²) in [6, 6.07) is 6.78. The molecule has 1 aromatic carbocycles. The topological polar surface area (TPSA) is 177 Å². The van der Waals surface area contributed by atoms with Gasteiger partial charge in [0.05, 0.1) is 13.0 Å². The molecule has 1 aliphatic heterocycles. The van der Waals surface area contributed by atoms with Crippen LogP contribution in [-0.2, 0) is 40.1 Å². The van der Waals surface area contributed by atoms with Gasteiger partial charge in [-0.25, -0.2) is 4.79 Å². The number of hydrogen-bond acceptors (Lipinski definition) is 8. The molecule has 4 N–H and O–H groups in total. The first-order valence-electron chi connectivity index (χ1n) is 18.6. The average molecular weight is 714 g/mol. The summed E-state index contributed by atoms with van der Waals surface area (Å²) in [7, 11) is 0. The van der Waals surface area contributed by atoms with Gasteiger partial charge < -0.3 is 35.6 Å². The van der Waals surface area contributed by atoms with Gasteiger partial charge in [-0.2, -0.15) is 0 Å². The lowest BCUT2D eigenvalue weighted by molar-refractivity contribution is -0.148. The molecule has 0 spiro atoms. The number of likely N-dealkylation sites (N-methyl/N-ethyl adjacent to an activating group) is 1. The highest BCUT2D eigenvalue weighted by Gasteiger charge is 2.31. The third-order valence-electron chi connectivity index (χ3n) is 9.56. The third-order valence-corrected chi connectivity index (χ3v) is 9.56. The van der Waals surface area contributed by atoms with Gasteiger partial charge in [0.2, 0.25) is 23.6 Å². The van der Waals surface area contributed by atoms with Gasteiger partial charge in [-0.05, 0) is 77.2 Å². The Morgan fingerprint density at radius 3 is 2.20 bits per heavy atom. The minimum Gasteiger partial charge on any atom is -0.461 e. The lowest BCUT2D eigenvalue weighted by Gasteiger charge is -2.33. The molecule has 0 bridgehead atoms. The van der Waals surface area contributed by atoms with E-state index in [-0.39, 0.29) is 44.0 Å². The third kappa shape index (κ3) is 15.3. The molecule has 1 aromatic rings. The number of ether oxygens (including phenoxy) is 2. The smallest absolute Gasteiger partial charge is 0.410 e. The van der Waals surface area contributed by atoms with Gasteiger partial charge in [-0.1, -0.05) is 62.4 Å². The van der Waals surface area contributed by atoms with Crippen molar-refractivity contribution in [3.8, 4) is 0 Å². The van der Waals surface area contributed by atoms with Gasteiger partial charge in [-0.3, -0.25) is 24.0 Å². The van der Waals surface area contributed by atoms with E-state index in [1.807, 2.05) is 39.0 Å². The summed E-state index contributed by atoms with van der Waals surface area (Å²) < 4.78 is 10.9. The second-order valence-corrected chi connectivity index (χ2v) is 14.9. The van der Waals surface area contributed by atoms with Crippen LogP contribution in [0, 0.1) is 11.8 Å². The number of carbonyl (C=O) groups is 6. The first-order chi connectivity index (χ1) is 24.2. The zero-order valence-electron chi connectivity index (χ0n) is 31.0. The van der Waals surface area contributed by atoms with E-state index in [9.17, 15) is 28.8 Å². The van der Waals surface area contributed by atoms with Crippen molar-refractivity contribution in [2.24, 2.45) is 17.6 Å². The van der Waals surface area contributed by atoms with Crippen molar-refractivity contribution in [2.75, 3.05) is 26.2 Å². The summed E-state index contributed by atoms with van der Waals surface area (Å²) >= 11 is 0. The van der Waals surface area contributed by atoms with Crippen LogP contribution in [0.4, 0.5) is 4.79 Å². The average Bonchev–Trinajstić information content (AvgIpc) is 3.09. The maximum atomic E-state index is 13.5. The molecule has 1 heterocycles. The highest BCUT2D eigenvalue weighted by Crippen LogP contribution is 2.27. The predicted octanol–water partition coefficient (Wildman–Crippen LogP) is 4.21. The minimum atomic E-state index is -1.34. The summed E-state index contributed by atoms with van der Waals surface area (Å²) in [6.45, 7) is 8.51. The molecule has 5 amide bonds. The number of benzene rings is 1. The Morgan fingerprint density at radius 1 is 0.922 bits per heavy atom. The molecule has 1 saturated heterocycles. The van der Waals surface area contributed by atoms with Crippen LogP contribution in [-0.4, -0.2) is 89.4 Å². The fourth-order valence-electron chi connectivity index (χ4n) is 6.67. The maximum Gasteiger partial charge on any atom is 0.410 e. The number of primary amides is 1. The summed E-state index contributed by atoms with van der Waals surface area (Å²) in [4.78, 5) is 80.6. The second kappa shape index (κ2) is 20.6. The van der Waals surface area contributed by atoms with Gasteiger partial charge in [0.15, 0.2) is 0 Å². The molecule has 13 heteroatoms. The fourth-order valence-corrected chi connectivity index (χ4v) is 6.67. The van der Waals surface area contributed by atoms with Crippen LogP contribution in [0.2, 0.25) is 0 Å². The summed E-state index contributed by atoms with van der Waals surface area (Å²) in [6.07, 6.45) is 8.15. The minimum absolute atomic E-state index is 0.00544. The van der Waals surface area contributed by atoms with Gasteiger partial charge in [0.25, 0.3) is 0 Å².